The van der Waals surface area contributed by atoms with Crippen LogP contribution in [0, 0.1) is 11.3 Å². The van der Waals surface area contributed by atoms with Crippen molar-refractivity contribution in [2.45, 2.75) is 38.1 Å². The van der Waals surface area contributed by atoms with Crippen molar-refractivity contribution in [1.29, 1.82) is 5.26 Å². The Morgan fingerprint density at radius 3 is 3.00 bits per heavy atom. The van der Waals surface area contributed by atoms with E-state index in [1.807, 2.05) is 24.3 Å². The van der Waals surface area contributed by atoms with Crippen LogP contribution < -0.4 is 4.90 Å². The lowest BCUT2D eigenvalue weighted by atomic mass is 10.1. The molecule has 3 heterocycles. The summed E-state index contributed by atoms with van der Waals surface area (Å²) in [5, 5.41) is 20.3. The second kappa shape index (κ2) is 7.81. The molecular weight excluding hydrogens is 340 g/mol. The Labute approximate surface area is 160 Å². The fourth-order valence-electron chi connectivity index (χ4n) is 4.35. The quantitative estimate of drug-likeness (QED) is 0.897. The van der Waals surface area contributed by atoms with Gasteiger partial charge in [-0.25, -0.2) is 0 Å². The summed E-state index contributed by atoms with van der Waals surface area (Å²) in [6.45, 7) is 6.31. The van der Waals surface area contributed by atoms with Crippen LogP contribution in [0.1, 0.15) is 25.3 Å². The van der Waals surface area contributed by atoms with Crippen molar-refractivity contribution in [2.24, 2.45) is 0 Å². The predicted molar refractivity (Wildman–Crippen MR) is 105 cm³/mol. The van der Waals surface area contributed by atoms with E-state index in [0.717, 1.165) is 62.2 Å². The molecule has 2 aliphatic heterocycles. The van der Waals surface area contributed by atoms with Gasteiger partial charge in [0, 0.05) is 43.4 Å². The number of ether oxygens (including phenoxy) is 1. The Hall–Kier alpha value is -2.20. The van der Waals surface area contributed by atoms with E-state index in [1.165, 1.54) is 0 Å². The van der Waals surface area contributed by atoms with Crippen LogP contribution in [0.5, 0.6) is 0 Å². The van der Waals surface area contributed by atoms with Crippen molar-refractivity contribution in [2.75, 3.05) is 37.6 Å². The third-order valence-corrected chi connectivity index (χ3v) is 5.48. The lowest BCUT2D eigenvalue weighted by Gasteiger charge is -2.41. The minimum Gasteiger partial charge on any atom is -0.392 e. The largest absolute Gasteiger partial charge is 0.392 e. The molecule has 0 aliphatic carbocycles. The van der Waals surface area contributed by atoms with Gasteiger partial charge in [-0.15, -0.1) is 0 Å². The Bertz CT molecular complexity index is 850. The van der Waals surface area contributed by atoms with Gasteiger partial charge in [-0.05, 0) is 50.6 Å². The van der Waals surface area contributed by atoms with Gasteiger partial charge in [-0.3, -0.25) is 9.88 Å². The lowest BCUT2D eigenvalue weighted by molar-refractivity contribution is -0.0426. The normalized spacial score (nSPS) is 26.9. The highest BCUT2D eigenvalue weighted by Crippen LogP contribution is 2.30. The number of anilines is 1. The average molecular weight is 366 g/mol. The maximum absolute atomic E-state index is 9.93. The van der Waals surface area contributed by atoms with Crippen molar-refractivity contribution in [1.82, 2.24) is 9.88 Å². The van der Waals surface area contributed by atoms with E-state index in [2.05, 4.69) is 27.8 Å². The van der Waals surface area contributed by atoms with Gasteiger partial charge in [0.1, 0.15) is 6.07 Å². The number of morpholine rings is 1. The Kier molecular flexibility index (Phi) is 5.26. The molecule has 0 bridgehead atoms. The molecule has 2 saturated heterocycles. The number of aliphatic hydroxyl groups is 1. The summed E-state index contributed by atoms with van der Waals surface area (Å²) < 4.78 is 6.20. The van der Waals surface area contributed by atoms with Crippen LogP contribution in [0.15, 0.2) is 30.5 Å². The first kappa shape index (κ1) is 18.2. The number of likely N-dealkylation sites (tertiary alicyclic amines) is 1. The summed E-state index contributed by atoms with van der Waals surface area (Å²) in [5.74, 6) is 0. The molecule has 2 aromatic rings. The van der Waals surface area contributed by atoms with E-state index in [1.54, 1.807) is 6.20 Å². The summed E-state index contributed by atoms with van der Waals surface area (Å²) in [7, 11) is 0. The molecule has 4 rings (SSSR count). The van der Waals surface area contributed by atoms with Gasteiger partial charge in [0.2, 0.25) is 0 Å². The van der Waals surface area contributed by atoms with E-state index in [-0.39, 0.29) is 18.3 Å². The molecule has 3 atom stereocenters. The number of nitriles is 1. The molecule has 6 heteroatoms. The van der Waals surface area contributed by atoms with E-state index < -0.39 is 0 Å². The molecule has 0 spiro atoms. The number of hydrogen-bond donors (Lipinski definition) is 1. The first-order valence-electron chi connectivity index (χ1n) is 9.72. The maximum atomic E-state index is 9.93. The number of pyridine rings is 1. The zero-order chi connectivity index (χ0) is 18.8. The first-order valence-corrected chi connectivity index (χ1v) is 9.72. The summed E-state index contributed by atoms with van der Waals surface area (Å²) in [5.41, 5.74) is 2.47. The lowest BCUT2D eigenvalue weighted by Crippen LogP contribution is -2.52. The minimum atomic E-state index is -0.218. The summed E-state index contributed by atoms with van der Waals surface area (Å²) in [6.07, 6.45) is 3.68. The van der Waals surface area contributed by atoms with Crippen LogP contribution >= 0.6 is 0 Å². The number of rotatable bonds is 3. The maximum Gasteiger partial charge on any atom is 0.101 e. The van der Waals surface area contributed by atoms with Crippen LogP contribution in [-0.4, -0.2) is 66.0 Å². The predicted octanol–water partition coefficient (Wildman–Crippen LogP) is 2.16. The Balaban J connectivity index is 1.57. The van der Waals surface area contributed by atoms with Crippen LogP contribution in [0.3, 0.4) is 0 Å². The van der Waals surface area contributed by atoms with Crippen molar-refractivity contribution >= 4 is 16.6 Å². The third-order valence-electron chi connectivity index (χ3n) is 5.48. The highest BCUT2D eigenvalue weighted by atomic mass is 16.5. The monoisotopic (exact) mass is 366 g/mol. The smallest absolute Gasteiger partial charge is 0.101 e. The molecular formula is C21H26N4O2. The molecule has 0 amide bonds. The number of aliphatic hydroxyl groups excluding tert-OH is 1. The van der Waals surface area contributed by atoms with Crippen molar-refractivity contribution < 1.29 is 9.84 Å². The van der Waals surface area contributed by atoms with Crippen LogP contribution in [0.2, 0.25) is 0 Å². The van der Waals surface area contributed by atoms with Crippen molar-refractivity contribution in [3.8, 4) is 6.07 Å². The van der Waals surface area contributed by atoms with E-state index in [0.29, 0.717) is 5.56 Å². The number of piperidine rings is 1. The molecule has 0 unspecified atom stereocenters. The van der Waals surface area contributed by atoms with Gasteiger partial charge in [0.25, 0.3) is 0 Å². The number of fused-ring (bicyclic) bond motifs is 1. The second-order valence-electron chi connectivity index (χ2n) is 7.67. The van der Waals surface area contributed by atoms with Gasteiger partial charge in [0.05, 0.1) is 29.4 Å². The van der Waals surface area contributed by atoms with Crippen LogP contribution in [-0.2, 0) is 4.74 Å². The fraction of sp³-hybridized carbons (Fsp3) is 0.524. The summed E-state index contributed by atoms with van der Waals surface area (Å²) >= 11 is 0. The topological polar surface area (TPSA) is 72.6 Å². The molecule has 1 N–H and O–H groups in total. The highest BCUT2D eigenvalue weighted by molar-refractivity contribution is 5.95. The molecule has 1 aromatic carbocycles. The van der Waals surface area contributed by atoms with Crippen molar-refractivity contribution in [3.63, 3.8) is 0 Å². The molecule has 0 saturated carbocycles. The summed E-state index contributed by atoms with van der Waals surface area (Å²) in [4.78, 5) is 9.10. The van der Waals surface area contributed by atoms with Gasteiger partial charge < -0.3 is 14.7 Å². The van der Waals surface area contributed by atoms with Gasteiger partial charge >= 0.3 is 0 Å². The SMILES string of the molecule is C[C@@H]1CN(c2ccc(C#N)c3ncccc23)C[C@H](CN2CCC[C@H](O)C2)O1. The van der Waals surface area contributed by atoms with Gasteiger partial charge in [-0.1, -0.05) is 0 Å². The number of benzene rings is 1. The Morgan fingerprint density at radius 2 is 2.19 bits per heavy atom. The third kappa shape index (κ3) is 3.91. The van der Waals surface area contributed by atoms with Gasteiger partial charge in [0.15, 0.2) is 0 Å². The second-order valence-corrected chi connectivity index (χ2v) is 7.67. The first-order chi connectivity index (χ1) is 13.1. The number of nitrogens with zero attached hydrogens (tertiary/aromatic N) is 4. The van der Waals surface area contributed by atoms with E-state index in [9.17, 15) is 10.4 Å². The molecule has 0 radical (unpaired) electrons. The van der Waals surface area contributed by atoms with Crippen molar-refractivity contribution in [3.05, 3.63) is 36.0 Å². The Morgan fingerprint density at radius 1 is 1.30 bits per heavy atom. The molecule has 2 fully saturated rings. The van der Waals surface area contributed by atoms with E-state index in [4.69, 9.17) is 4.74 Å². The minimum absolute atomic E-state index is 0.0985. The molecule has 142 valence electrons. The zero-order valence-corrected chi connectivity index (χ0v) is 15.7. The highest BCUT2D eigenvalue weighted by Gasteiger charge is 2.29. The molecule has 2 aliphatic rings. The molecule has 27 heavy (non-hydrogen) atoms. The summed E-state index contributed by atoms with van der Waals surface area (Å²) in [6, 6.07) is 10.1. The standard InChI is InChI=1S/C21H26N4O2/c1-15-11-25(14-18(27-15)13-24-9-3-4-17(26)12-24)20-7-6-16(10-22)21-19(20)5-2-8-23-21/h2,5-8,15,17-18,26H,3-4,9,11-14H2,1H3/t15-,17+,18+/m1/s1. The van der Waals surface area contributed by atoms with Gasteiger partial charge in [-0.2, -0.15) is 5.26 Å². The number of hydrogen-bond acceptors (Lipinski definition) is 6. The number of aromatic nitrogens is 1. The fourth-order valence-corrected chi connectivity index (χ4v) is 4.35. The number of β-amino-alcohol motifs (C(OH)–C–C–N with tert-alkyl or cyclic N) is 1. The van der Waals surface area contributed by atoms with Crippen LogP contribution in [0.25, 0.3) is 10.9 Å². The van der Waals surface area contributed by atoms with Crippen LogP contribution in [0.4, 0.5) is 5.69 Å². The van der Waals surface area contributed by atoms with E-state index >= 15 is 0 Å². The molecule has 6 nitrogen and oxygen atoms in total. The molecule has 1 aromatic heterocycles. The zero-order valence-electron chi connectivity index (χ0n) is 15.7. The average Bonchev–Trinajstić information content (AvgIpc) is 2.66.